The molecule has 1 aromatic rings. The molecule has 0 saturated heterocycles. The molecule has 0 aromatic heterocycles. The second kappa shape index (κ2) is 7.56. The summed E-state index contributed by atoms with van der Waals surface area (Å²) in [4.78, 5) is 0. The minimum absolute atomic E-state index is 0.580. The van der Waals surface area contributed by atoms with Crippen LogP contribution in [-0.2, 0) is 6.54 Å². The first-order valence-electron chi connectivity index (χ1n) is 7.10. The molecule has 1 N–H and O–H groups in total. The molecular formula is C16H22N2OS. The fraction of sp³-hybridized carbons (Fsp3) is 0.562. The van der Waals surface area contributed by atoms with Gasteiger partial charge in [0.15, 0.2) is 0 Å². The lowest BCUT2D eigenvalue weighted by atomic mass is 9.94. The standard InChI is InChI=1S/C16H22N2OS/c1-19-16-7-6-12(10-17)8-13(16)11-18-14-4-3-5-15(9-14)20-2/h6-8,14-15,18H,3-5,9,11H2,1-2H3. The highest BCUT2D eigenvalue weighted by molar-refractivity contribution is 7.99. The molecule has 0 spiro atoms. The fourth-order valence-electron chi connectivity index (χ4n) is 2.79. The zero-order valence-electron chi connectivity index (χ0n) is 12.2. The van der Waals surface area contributed by atoms with Gasteiger partial charge in [-0.05, 0) is 43.7 Å². The van der Waals surface area contributed by atoms with Crippen LogP contribution in [-0.4, -0.2) is 24.7 Å². The van der Waals surface area contributed by atoms with E-state index in [1.165, 1.54) is 25.7 Å². The molecule has 1 aliphatic rings. The highest BCUT2D eigenvalue weighted by Crippen LogP contribution is 2.27. The molecule has 3 nitrogen and oxygen atoms in total. The Hall–Kier alpha value is -1.18. The van der Waals surface area contributed by atoms with E-state index in [4.69, 9.17) is 10.00 Å². The van der Waals surface area contributed by atoms with Crippen molar-refractivity contribution < 1.29 is 4.74 Å². The van der Waals surface area contributed by atoms with Crippen LogP contribution in [0.25, 0.3) is 0 Å². The Morgan fingerprint density at radius 2 is 2.30 bits per heavy atom. The molecule has 2 unspecified atom stereocenters. The van der Waals surface area contributed by atoms with Gasteiger partial charge < -0.3 is 10.1 Å². The summed E-state index contributed by atoms with van der Waals surface area (Å²) in [5.41, 5.74) is 1.76. The molecule has 20 heavy (non-hydrogen) atoms. The van der Waals surface area contributed by atoms with Gasteiger partial charge in [0.25, 0.3) is 0 Å². The number of thioether (sulfide) groups is 1. The smallest absolute Gasteiger partial charge is 0.123 e. The predicted octanol–water partition coefficient (Wildman–Crippen LogP) is 3.33. The SMILES string of the molecule is COc1ccc(C#N)cc1CNC1CCCC(SC)C1. The number of nitriles is 1. The number of benzene rings is 1. The van der Waals surface area contributed by atoms with E-state index < -0.39 is 0 Å². The van der Waals surface area contributed by atoms with Gasteiger partial charge in [-0.2, -0.15) is 17.0 Å². The van der Waals surface area contributed by atoms with Crippen LogP contribution in [0.4, 0.5) is 0 Å². The molecule has 108 valence electrons. The third-order valence-corrected chi connectivity index (χ3v) is 5.04. The molecule has 0 radical (unpaired) electrons. The van der Waals surface area contributed by atoms with E-state index in [-0.39, 0.29) is 0 Å². The molecule has 0 bridgehead atoms. The summed E-state index contributed by atoms with van der Waals surface area (Å²) in [6, 6.07) is 8.36. The van der Waals surface area contributed by atoms with Crippen LogP contribution in [0, 0.1) is 11.3 Å². The first-order chi connectivity index (χ1) is 9.76. The summed E-state index contributed by atoms with van der Waals surface area (Å²) >= 11 is 1.98. The monoisotopic (exact) mass is 290 g/mol. The van der Waals surface area contributed by atoms with Gasteiger partial charge in [-0.1, -0.05) is 6.42 Å². The zero-order valence-corrected chi connectivity index (χ0v) is 13.0. The zero-order chi connectivity index (χ0) is 14.4. The molecule has 1 fully saturated rings. The molecule has 0 aliphatic heterocycles. The Bertz CT molecular complexity index is 484. The van der Waals surface area contributed by atoms with Crippen LogP contribution in [0.15, 0.2) is 18.2 Å². The number of hydrogen-bond donors (Lipinski definition) is 1. The van der Waals surface area contributed by atoms with E-state index >= 15 is 0 Å². The molecule has 0 amide bonds. The van der Waals surface area contributed by atoms with Crippen molar-refractivity contribution in [1.82, 2.24) is 5.32 Å². The number of hydrogen-bond acceptors (Lipinski definition) is 4. The Kier molecular flexibility index (Phi) is 5.75. The molecule has 0 heterocycles. The second-order valence-electron chi connectivity index (χ2n) is 5.24. The number of ether oxygens (including phenoxy) is 1. The van der Waals surface area contributed by atoms with Crippen LogP contribution in [0.3, 0.4) is 0 Å². The maximum atomic E-state index is 9.00. The minimum atomic E-state index is 0.580. The van der Waals surface area contributed by atoms with Crippen molar-refractivity contribution in [2.24, 2.45) is 0 Å². The number of rotatable bonds is 5. The van der Waals surface area contributed by atoms with Crippen molar-refractivity contribution in [3.05, 3.63) is 29.3 Å². The Morgan fingerprint density at radius 3 is 3.00 bits per heavy atom. The quantitative estimate of drug-likeness (QED) is 0.903. The summed E-state index contributed by atoms with van der Waals surface area (Å²) in [5, 5.41) is 13.4. The Balaban J connectivity index is 1.97. The van der Waals surface area contributed by atoms with E-state index in [9.17, 15) is 0 Å². The van der Waals surface area contributed by atoms with Crippen LogP contribution < -0.4 is 10.1 Å². The van der Waals surface area contributed by atoms with Crippen LogP contribution >= 0.6 is 11.8 Å². The lowest BCUT2D eigenvalue weighted by Gasteiger charge is -2.29. The largest absolute Gasteiger partial charge is 0.496 e. The molecule has 1 saturated carbocycles. The highest BCUT2D eigenvalue weighted by Gasteiger charge is 2.21. The van der Waals surface area contributed by atoms with Gasteiger partial charge in [0.05, 0.1) is 18.7 Å². The summed E-state index contributed by atoms with van der Waals surface area (Å²) in [5.74, 6) is 0.855. The van der Waals surface area contributed by atoms with E-state index in [0.29, 0.717) is 11.6 Å². The molecule has 1 aliphatic carbocycles. The Morgan fingerprint density at radius 1 is 1.45 bits per heavy atom. The van der Waals surface area contributed by atoms with Crippen molar-refractivity contribution >= 4 is 11.8 Å². The maximum Gasteiger partial charge on any atom is 0.123 e. The van der Waals surface area contributed by atoms with Gasteiger partial charge in [-0.3, -0.25) is 0 Å². The minimum Gasteiger partial charge on any atom is -0.496 e. The van der Waals surface area contributed by atoms with Crippen LogP contribution in [0.1, 0.15) is 36.8 Å². The second-order valence-corrected chi connectivity index (χ2v) is 6.38. The average Bonchev–Trinajstić information content (AvgIpc) is 2.52. The van der Waals surface area contributed by atoms with Crippen molar-refractivity contribution in [2.75, 3.05) is 13.4 Å². The fourth-order valence-corrected chi connectivity index (χ4v) is 3.61. The molecule has 2 rings (SSSR count). The normalized spacial score (nSPS) is 22.2. The van der Waals surface area contributed by atoms with Gasteiger partial charge >= 0.3 is 0 Å². The topological polar surface area (TPSA) is 45.0 Å². The lowest BCUT2D eigenvalue weighted by molar-refractivity contribution is 0.371. The number of nitrogens with one attached hydrogen (secondary N) is 1. The maximum absolute atomic E-state index is 9.00. The first-order valence-corrected chi connectivity index (χ1v) is 8.38. The predicted molar refractivity (Wildman–Crippen MR) is 84.1 cm³/mol. The first kappa shape index (κ1) is 15.2. The highest BCUT2D eigenvalue weighted by atomic mass is 32.2. The van der Waals surface area contributed by atoms with E-state index in [0.717, 1.165) is 23.1 Å². The summed E-state index contributed by atoms with van der Waals surface area (Å²) in [6.07, 6.45) is 7.33. The lowest BCUT2D eigenvalue weighted by Crippen LogP contribution is -2.34. The molecule has 2 atom stereocenters. The van der Waals surface area contributed by atoms with Gasteiger partial charge in [0, 0.05) is 23.4 Å². The van der Waals surface area contributed by atoms with E-state index in [2.05, 4.69) is 17.6 Å². The van der Waals surface area contributed by atoms with E-state index in [1.807, 2.05) is 23.9 Å². The van der Waals surface area contributed by atoms with Crippen LogP contribution in [0.2, 0.25) is 0 Å². The summed E-state index contributed by atoms with van der Waals surface area (Å²) in [7, 11) is 1.68. The number of methoxy groups -OCH3 is 1. The third kappa shape index (κ3) is 3.91. The van der Waals surface area contributed by atoms with Crippen molar-refractivity contribution in [3.63, 3.8) is 0 Å². The van der Waals surface area contributed by atoms with Crippen molar-refractivity contribution in [3.8, 4) is 11.8 Å². The van der Waals surface area contributed by atoms with Gasteiger partial charge in [0.2, 0.25) is 0 Å². The van der Waals surface area contributed by atoms with Gasteiger partial charge in [-0.15, -0.1) is 0 Å². The molecular weight excluding hydrogens is 268 g/mol. The molecule has 4 heteroatoms. The molecule has 1 aromatic carbocycles. The summed E-state index contributed by atoms with van der Waals surface area (Å²) < 4.78 is 5.37. The number of nitrogens with zero attached hydrogens (tertiary/aromatic N) is 1. The van der Waals surface area contributed by atoms with Crippen molar-refractivity contribution in [2.45, 2.75) is 43.5 Å². The van der Waals surface area contributed by atoms with Gasteiger partial charge in [-0.25, -0.2) is 0 Å². The summed E-state index contributed by atoms with van der Waals surface area (Å²) in [6.45, 7) is 0.768. The third-order valence-electron chi connectivity index (χ3n) is 3.95. The van der Waals surface area contributed by atoms with Crippen LogP contribution in [0.5, 0.6) is 5.75 Å². The average molecular weight is 290 g/mol. The van der Waals surface area contributed by atoms with Gasteiger partial charge in [0.1, 0.15) is 5.75 Å². The van der Waals surface area contributed by atoms with E-state index in [1.54, 1.807) is 13.2 Å². The Labute approximate surface area is 125 Å². The van der Waals surface area contributed by atoms with Crippen molar-refractivity contribution in [1.29, 1.82) is 5.26 Å².